The monoisotopic (exact) mass is 159 g/mol. The van der Waals surface area contributed by atoms with Crippen molar-refractivity contribution in [2.75, 3.05) is 20.8 Å². The Hall–Kier alpha value is -0.380. The molecule has 0 rings (SSSR count). The summed E-state index contributed by atoms with van der Waals surface area (Å²) >= 11 is 0. The third-order valence-corrected chi connectivity index (χ3v) is 1.49. The fourth-order valence-electron chi connectivity index (χ4n) is 0.628. The van der Waals surface area contributed by atoms with Crippen molar-refractivity contribution < 1.29 is 9.47 Å². The molecule has 0 bridgehead atoms. The van der Waals surface area contributed by atoms with Crippen molar-refractivity contribution >= 4 is 0 Å². The summed E-state index contributed by atoms with van der Waals surface area (Å²) in [6.07, 6.45) is 1.67. The van der Waals surface area contributed by atoms with Crippen molar-refractivity contribution in [3.63, 3.8) is 0 Å². The predicted octanol–water partition coefficient (Wildman–Crippen LogP) is 0.769. The Bertz CT molecular complexity index is 102. The van der Waals surface area contributed by atoms with E-state index in [1.807, 2.05) is 13.0 Å². The fraction of sp³-hybridized carbons (Fsp3) is 0.750. The lowest BCUT2D eigenvalue weighted by Gasteiger charge is -2.16. The quantitative estimate of drug-likeness (QED) is 0.458. The molecule has 0 radical (unpaired) electrons. The van der Waals surface area contributed by atoms with Gasteiger partial charge in [-0.05, 0) is 6.92 Å². The Morgan fingerprint density at radius 2 is 2.00 bits per heavy atom. The van der Waals surface area contributed by atoms with Gasteiger partial charge in [-0.3, -0.25) is 0 Å². The summed E-state index contributed by atoms with van der Waals surface area (Å²) in [7, 11) is 3.24. The highest BCUT2D eigenvalue weighted by Gasteiger charge is 2.04. The van der Waals surface area contributed by atoms with Gasteiger partial charge in [-0.2, -0.15) is 0 Å². The molecular weight excluding hydrogens is 142 g/mol. The third-order valence-electron chi connectivity index (χ3n) is 1.49. The van der Waals surface area contributed by atoms with E-state index in [9.17, 15) is 0 Å². The van der Waals surface area contributed by atoms with E-state index in [0.717, 1.165) is 0 Å². The van der Waals surface area contributed by atoms with Crippen LogP contribution in [0, 0.1) is 0 Å². The fourth-order valence-corrected chi connectivity index (χ4v) is 0.628. The van der Waals surface area contributed by atoms with Gasteiger partial charge in [-0.1, -0.05) is 6.08 Å². The summed E-state index contributed by atoms with van der Waals surface area (Å²) in [6, 6.07) is 0.294. The number of hydrogen-bond acceptors (Lipinski definition) is 3. The zero-order valence-corrected chi connectivity index (χ0v) is 7.46. The molecule has 0 aromatic carbocycles. The van der Waals surface area contributed by atoms with Crippen molar-refractivity contribution in [2.45, 2.75) is 19.3 Å². The second-order valence-corrected chi connectivity index (χ2v) is 2.33. The molecule has 3 heteroatoms. The molecule has 1 N–H and O–H groups in total. The molecular formula is C8H17NO2. The lowest BCUT2D eigenvalue weighted by molar-refractivity contribution is -0.0992. The Balaban J connectivity index is 3.41. The highest BCUT2D eigenvalue weighted by Crippen LogP contribution is 1.89. The summed E-state index contributed by atoms with van der Waals surface area (Å²) in [5.74, 6) is 0. The van der Waals surface area contributed by atoms with Gasteiger partial charge < -0.3 is 14.8 Å². The average molecular weight is 159 g/mol. The molecule has 0 aliphatic heterocycles. The Labute approximate surface area is 68.4 Å². The van der Waals surface area contributed by atoms with Crippen LogP contribution in [0.4, 0.5) is 0 Å². The van der Waals surface area contributed by atoms with Crippen LogP contribution in [0.25, 0.3) is 0 Å². The zero-order valence-electron chi connectivity index (χ0n) is 7.46. The Kier molecular flexibility index (Phi) is 6.12. The van der Waals surface area contributed by atoms with Crippen molar-refractivity contribution in [3.05, 3.63) is 12.7 Å². The topological polar surface area (TPSA) is 30.5 Å². The smallest absolute Gasteiger partial charge is 0.169 e. The zero-order chi connectivity index (χ0) is 8.69. The summed E-state index contributed by atoms with van der Waals surface area (Å²) in [4.78, 5) is 0. The van der Waals surface area contributed by atoms with Crippen LogP contribution < -0.4 is 5.32 Å². The molecule has 0 saturated heterocycles. The van der Waals surface area contributed by atoms with E-state index < -0.39 is 0 Å². The van der Waals surface area contributed by atoms with Crippen LogP contribution in [-0.2, 0) is 9.47 Å². The molecule has 0 aliphatic carbocycles. The minimum Gasteiger partial charge on any atom is -0.355 e. The second kappa shape index (κ2) is 6.34. The van der Waals surface area contributed by atoms with Crippen molar-refractivity contribution in [2.24, 2.45) is 0 Å². The molecule has 3 nitrogen and oxygen atoms in total. The van der Waals surface area contributed by atoms with Gasteiger partial charge in [0.25, 0.3) is 0 Å². The lowest BCUT2D eigenvalue weighted by Crippen LogP contribution is -2.34. The molecule has 0 aliphatic rings. The first-order chi connectivity index (χ1) is 5.24. The molecule has 0 amide bonds. The van der Waals surface area contributed by atoms with Crippen LogP contribution in [0.3, 0.4) is 0 Å². The minimum absolute atomic E-state index is 0.169. The second-order valence-electron chi connectivity index (χ2n) is 2.33. The first-order valence-electron chi connectivity index (χ1n) is 3.66. The number of hydrogen-bond donors (Lipinski definition) is 1. The molecule has 0 spiro atoms. The summed E-state index contributed by atoms with van der Waals surface area (Å²) in [5.41, 5.74) is 0. The largest absolute Gasteiger partial charge is 0.355 e. The van der Waals surface area contributed by atoms with Gasteiger partial charge in [-0.25, -0.2) is 0 Å². The number of methoxy groups -OCH3 is 2. The molecule has 66 valence electrons. The lowest BCUT2D eigenvalue weighted by atomic mass is 10.3. The summed E-state index contributed by atoms with van der Waals surface area (Å²) < 4.78 is 9.95. The van der Waals surface area contributed by atoms with Crippen LogP contribution in [0.5, 0.6) is 0 Å². The van der Waals surface area contributed by atoms with Crippen molar-refractivity contribution in [1.82, 2.24) is 5.32 Å². The highest BCUT2D eigenvalue weighted by molar-refractivity contribution is 4.81. The maximum atomic E-state index is 4.98. The average Bonchev–Trinajstić information content (AvgIpc) is 2.06. The van der Waals surface area contributed by atoms with E-state index in [1.54, 1.807) is 14.2 Å². The number of nitrogens with one attached hydrogen (secondary N) is 1. The molecule has 0 heterocycles. The Morgan fingerprint density at radius 3 is 2.36 bits per heavy atom. The van der Waals surface area contributed by atoms with E-state index in [0.29, 0.717) is 12.6 Å². The molecule has 1 unspecified atom stereocenters. The van der Waals surface area contributed by atoms with E-state index in [2.05, 4.69) is 11.9 Å². The van der Waals surface area contributed by atoms with Crippen LogP contribution >= 0.6 is 0 Å². The van der Waals surface area contributed by atoms with Crippen LogP contribution in [0.1, 0.15) is 6.92 Å². The third kappa shape index (κ3) is 4.95. The van der Waals surface area contributed by atoms with Gasteiger partial charge in [0.1, 0.15) is 0 Å². The van der Waals surface area contributed by atoms with Gasteiger partial charge in [0.15, 0.2) is 6.29 Å². The molecule has 11 heavy (non-hydrogen) atoms. The van der Waals surface area contributed by atoms with Crippen LogP contribution in [-0.4, -0.2) is 33.1 Å². The van der Waals surface area contributed by atoms with E-state index in [4.69, 9.17) is 9.47 Å². The van der Waals surface area contributed by atoms with E-state index >= 15 is 0 Å². The summed E-state index contributed by atoms with van der Waals surface area (Å²) in [6.45, 7) is 6.35. The van der Waals surface area contributed by atoms with Gasteiger partial charge in [0, 0.05) is 26.8 Å². The first-order valence-corrected chi connectivity index (χ1v) is 3.66. The van der Waals surface area contributed by atoms with Gasteiger partial charge in [-0.15, -0.1) is 6.58 Å². The van der Waals surface area contributed by atoms with Crippen LogP contribution in [0.2, 0.25) is 0 Å². The maximum absolute atomic E-state index is 4.98. The van der Waals surface area contributed by atoms with Crippen molar-refractivity contribution in [3.8, 4) is 0 Å². The van der Waals surface area contributed by atoms with E-state index in [1.165, 1.54) is 0 Å². The van der Waals surface area contributed by atoms with Gasteiger partial charge in [0.2, 0.25) is 0 Å². The predicted molar refractivity (Wildman–Crippen MR) is 45.5 cm³/mol. The standard InChI is InChI=1S/C8H17NO2/c1-5-7(2)9-6-8(10-3)11-4/h5,7-9H,1,6H2,2-4H3. The molecule has 0 aromatic heterocycles. The SMILES string of the molecule is C=CC(C)NCC(OC)OC. The highest BCUT2D eigenvalue weighted by atomic mass is 16.7. The molecule has 0 fully saturated rings. The first kappa shape index (κ1) is 10.6. The Morgan fingerprint density at radius 1 is 1.45 bits per heavy atom. The van der Waals surface area contributed by atoms with Gasteiger partial charge in [0.05, 0.1) is 0 Å². The minimum atomic E-state index is -0.169. The number of rotatable bonds is 6. The molecule has 0 saturated carbocycles. The van der Waals surface area contributed by atoms with E-state index in [-0.39, 0.29) is 6.29 Å². The van der Waals surface area contributed by atoms with Gasteiger partial charge >= 0.3 is 0 Å². The summed E-state index contributed by atoms with van der Waals surface area (Å²) in [5, 5.41) is 3.17. The normalized spacial score (nSPS) is 13.5. The molecule has 0 aromatic rings. The number of ether oxygens (including phenoxy) is 2. The van der Waals surface area contributed by atoms with Crippen molar-refractivity contribution in [1.29, 1.82) is 0 Å². The maximum Gasteiger partial charge on any atom is 0.169 e. The van der Waals surface area contributed by atoms with Crippen LogP contribution in [0.15, 0.2) is 12.7 Å². The molecule has 1 atom stereocenters.